The van der Waals surface area contributed by atoms with Gasteiger partial charge < -0.3 is 5.84 Å². The minimum Gasteiger partial charge on any atom is -0.337 e. The third-order valence-electron chi connectivity index (χ3n) is 4.14. The van der Waals surface area contributed by atoms with E-state index in [1.165, 1.54) is 12.1 Å². The molecule has 0 fully saturated rings. The molecule has 0 atom stereocenters. The van der Waals surface area contributed by atoms with Crippen molar-refractivity contribution in [3.05, 3.63) is 83.1 Å². The van der Waals surface area contributed by atoms with Gasteiger partial charge in [0.1, 0.15) is 17.6 Å². The molecule has 1 heterocycles. The first-order valence-electron chi connectivity index (χ1n) is 8.26. The topological polar surface area (TPSA) is 84.7 Å². The van der Waals surface area contributed by atoms with Crippen LogP contribution in [-0.2, 0) is 0 Å². The van der Waals surface area contributed by atoms with Crippen molar-refractivity contribution < 1.29 is 9.18 Å². The molecule has 0 saturated heterocycles. The van der Waals surface area contributed by atoms with E-state index in [4.69, 9.17) is 5.84 Å². The number of carbonyl (C=O) groups is 1. The van der Waals surface area contributed by atoms with Crippen molar-refractivity contribution in [1.82, 2.24) is 9.66 Å². The number of hydrogen-bond donors (Lipinski definition) is 1. The molecule has 3 rings (SSSR count). The largest absolute Gasteiger partial charge is 0.337 e. The second-order valence-corrected chi connectivity index (χ2v) is 6.16. The van der Waals surface area contributed by atoms with Crippen LogP contribution in [-0.4, -0.2) is 15.4 Å². The van der Waals surface area contributed by atoms with Gasteiger partial charge in [0.05, 0.1) is 0 Å². The smallest absolute Gasteiger partial charge is 0.230 e. The number of nitrogens with two attached hydrogens (primary N) is 1. The minimum absolute atomic E-state index is 0.0358. The number of rotatable bonds is 4. The third kappa shape index (κ3) is 3.23. The quantitative estimate of drug-likeness (QED) is 0.434. The summed E-state index contributed by atoms with van der Waals surface area (Å²) in [5, 5.41) is 9.44. The number of nitrogens with zero attached hydrogens (tertiary/aromatic N) is 3. The summed E-state index contributed by atoms with van der Waals surface area (Å²) < 4.78 is 15.4. The molecule has 0 spiro atoms. The SMILES string of the molecule is CC(C)=C(C(=O)c1nc(C#N)c(-c2ccccc2)n1N)c1ccccc1F. The van der Waals surface area contributed by atoms with Gasteiger partial charge >= 0.3 is 0 Å². The lowest BCUT2D eigenvalue weighted by Crippen LogP contribution is -2.20. The number of ketones is 1. The molecule has 5 nitrogen and oxygen atoms in total. The van der Waals surface area contributed by atoms with E-state index < -0.39 is 11.6 Å². The fourth-order valence-electron chi connectivity index (χ4n) is 2.94. The third-order valence-corrected chi connectivity index (χ3v) is 4.14. The molecule has 0 aliphatic heterocycles. The van der Waals surface area contributed by atoms with Gasteiger partial charge in [0.25, 0.3) is 0 Å². The molecular formula is C21H17FN4O. The van der Waals surface area contributed by atoms with Crippen LogP contribution < -0.4 is 5.84 Å². The fourth-order valence-corrected chi connectivity index (χ4v) is 2.94. The molecular weight excluding hydrogens is 343 g/mol. The van der Waals surface area contributed by atoms with Crippen LogP contribution in [0.25, 0.3) is 16.8 Å². The summed E-state index contributed by atoms with van der Waals surface area (Å²) in [4.78, 5) is 17.3. The zero-order chi connectivity index (χ0) is 19.6. The predicted molar refractivity (Wildman–Crippen MR) is 102 cm³/mol. The van der Waals surface area contributed by atoms with Crippen LogP contribution in [0.4, 0.5) is 4.39 Å². The Labute approximate surface area is 156 Å². The lowest BCUT2D eigenvalue weighted by atomic mass is 9.96. The molecule has 2 N–H and O–H groups in total. The molecule has 0 aliphatic carbocycles. The number of allylic oxidation sites excluding steroid dienone is 2. The summed E-state index contributed by atoms with van der Waals surface area (Å²) in [5.74, 6) is 4.96. The molecule has 0 aliphatic rings. The number of hydrogen-bond acceptors (Lipinski definition) is 4. The van der Waals surface area contributed by atoms with Gasteiger partial charge in [0.15, 0.2) is 5.69 Å². The van der Waals surface area contributed by atoms with Gasteiger partial charge in [-0.2, -0.15) is 5.26 Å². The van der Waals surface area contributed by atoms with Crippen LogP contribution in [0, 0.1) is 17.1 Å². The lowest BCUT2D eigenvalue weighted by molar-refractivity contribution is 0.104. The fraction of sp³-hybridized carbons (Fsp3) is 0.0952. The lowest BCUT2D eigenvalue weighted by Gasteiger charge is -2.11. The van der Waals surface area contributed by atoms with Crippen molar-refractivity contribution in [2.45, 2.75) is 13.8 Å². The van der Waals surface area contributed by atoms with Gasteiger partial charge in [-0.15, -0.1) is 0 Å². The van der Waals surface area contributed by atoms with Crippen molar-refractivity contribution in [2.75, 3.05) is 5.84 Å². The van der Waals surface area contributed by atoms with Gasteiger partial charge in [-0.05, 0) is 19.9 Å². The number of Topliss-reactive ketones (excluding diaryl/α,β-unsaturated/α-hetero) is 1. The normalized spacial score (nSPS) is 10.3. The Morgan fingerprint density at radius 1 is 1.11 bits per heavy atom. The molecule has 0 radical (unpaired) electrons. The Kier molecular flexibility index (Phi) is 4.86. The van der Waals surface area contributed by atoms with Crippen molar-refractivity contribution in [3.8, 4) is 17.3 Å². The Balaban J connectivity index is 2.18. The highest BCUT2D eigenvalue weighted by Crippen LogP contribution is 2.28. The summed E-state index contributed by atoms with van der Waals surface area (Å²) in [6.45, 7) is 3.43. The van der Waals surface area contributed by atoms with Gasteiger partial charge in [0.2, 0.25) is 11.6 Å². The van der Waals surface area contributed by atoms with E-state index in [1.807, 2.05) is 12.1 Å². The maximum atomic E-state index is 14.3. The van der Waals surface area contributed by atoms with Crippen molar-refractivity contribution >= 4 is 11.4 Å². The first-order chi connectivity index (χ1) is 13.0. The maximum absolute atomic E-state index is 14.3. The van der Waals surface area contributed by atoms with Crippen molar-refractivity contribution in [2.24, 2.45) is 0 Å². The summed E-state index contributed by atoms with van der Waals surface area (Å²) >= 11 is 0. The molecule has 6 heteroatoms. The molecule has 134 valence electrons. The molecule has 0 amide bonds. The Hall–Kier alpha value is -3.72. The molecule has 2 aromatic carbocycles. The number of benzene rings is 2. The number of carbonyl (C=O) groups excluding carboxylic acids is 1. The summed E-state index contributed by atoms with van der Waals surface area (Å²) in [7, 11) is 0. The van der Waals surface area contributed by atoms with Crippen LogP contribution in [0.2, 0.25) is 0 Å². The molecule has 0 bridgehead atoms. The number of halogens is 1. The summed E-state index contributed by atoms with van der Waals surface area (Å²) in [6, 6.07) is 17.0. The average molecular weight is 360 g/mol. The molecule has 0 unspecified atom stereocenters. The number of aromatic nitrogens is 2. The van der Waals surface area contributed by atoms with E-state index in [2.05, 4.69) is 4.98 Å². The van der Waals surface area contributed by atoms with E-state index >= 15 is 0 Å². The van der Waals surface area contributed by atoms with Crippen LogP contribution in [0.15, 0.2) is 60.2 Å². The van der Waals surface area contributed by atoms with E-state index in [9.17, 15) is 14.4 Å². The molecule has 0 saturated carbocycles. The molecule has 3 aromatic rings. The highest BCUT2D eigenvalue weighted by molar-refractivity contribution is 6.28. The minimum atomic E-state index is -0.540. The second-order valence-electron chi connectivity index (χ2n) is 6.16. The molecule has 1 aromatic heterocycles. The maximum Gasteiger partial charge on any atom is 0.230 e. The highest BCUT2D eigenvalue weighted by atomic mass is 19.1. The van der Waals surface area contributed by atoms with Crippen molar-refractivity contribution in [3.63, 3.8) is 0 Å². The van der Waals surface area contributed by atoms with Crippen LogP contribution in [0.1, 0.15) is 35.7 Å². The standard InChI is InChI=1S/C21H17FN4O/c1-13(2)18(15-10-6-7-11-16(15)22)20(27)21-25-17(12-23)19(26(21)24)14-8-4-3-5-9-14/h3-11H,24H2,1-2H3. The Morgan fingerprint density at radius 2 is 1.74 bits per heavy atom. The van der Waals surface area contributed by atoms with Gasteiger partial charge in [-0.3, -0.25) is 4.79 Å². The summed E-state index contributed by atoms with van der Waals surface area (Å²) in [6.07, 6.45) is 0. The van der Waals surface area contributed by atoms with Crippen LogP contribution >= 0.6 is 0 Å². The average Bonchev–Trinajstić information content (AvgIpc) is 3.00. The first-order valence-corrected chi connectivity index (χ1v) is 8.26. The van der Waals surface area contributed by atoms with E-state index in [0.717, 1.165) is 4.68 Å². The van der Waals surface area contributed by atoms with Gasteiger partial charge in [-0.25, -0.2) is 14.1 Å². The van der Waals surface area contributed by atoms with Gasteiger partial charge in [0, 0.05) is 16.7 Å². The zero-order valence-electron chi connectivity index (χ0n) is 14.9. The van der Waals surface area contributed by atoms with Crippen LogP contribution in [0.3, 0.4) is 0 Å². The van der Waals surface area contributed by atoms with Crippen molar-refractivity contribution in [1.29, 1.82) is 5.26 Å². The second kappa shape index (κ2) is 7.26. The monoisotopic (exact) mass is 360 g/mol. The first kappa shape index (κ1) is 18.1. The molecule has 27 heavy (non-hydrogen) atoms. The predicted octanol–water partition coefficient (Wildman–Crippen LogP) is 3.95. The Bertz CT molecular complexity index is 1090. The van der Waals surface area contributed by atoms with Gasteiger partial charge in [-0.1, -0.05) is 54.1 Å². The number of imidazole rings is 1. The van der Waals surface area contributed by atoms with E-state index in [1.54, 1.807) is 50.2 Å². The number of nitrogen functional groups attached to an aromatic ring is 1. The Morgan fingerprint density at radius 3 is 2.33 bits per heavy atom. The van der Waals surface area contributed by atoms with Crippen LogP contribution in [0.5, 0.6) is 0 Å². The number of nitriles is 1. The summed E-state index contributed by atoms with van der Waals surface area (Å²) in [5.41, 5.74) is 2.00. The van der Waals surface area contributed by atoms with E-state index in [-0.39, 0.29) is 22.7 Å². The highest BCUT2D eigenvalue weighted by Gasteiger charge is 2.26. The van der Waals surface area contributed by atoms with E-state index in [0.29, 0.717) is 16.8 Å². The zero-order valence-corrected chi connectivity index (χ0v) is 14.9.